The molecular weight excluding hydrogens is 229 g/mol. The summed E-state index contributed by atoms with van der Waals surface area (Å²) < 4.78 is 12.8. The average molecular weight is 236 g/mol. The minimum Gasteiger partial charge on any atom is -0.369 e. The van der Waals surface area contributed by atoms with Crippen molar-refractivity contribution in [3.63, 3.8) is 0 Å². The second-order valence-electron chi connectivity index (χ2n) is 2.86. The number of nitrogens with one attached hydrogen (secondary N) is 1. The number of nitrogens with zero attached hydrogens (tertiary/aromatic N) is 2. The molecule has 1 aromatic carbocycles. The number of hydrogen-bond acceptors (Lipinski definition) is 3. The number of rotatable bonds is 3. The molecule has 0 bridgehead atoms. The molecule has 0 amide bonds. The number of hydrogen-bond donors (Lipinski definition) is 1. The van der Waals surface area contributed by atoms with Crippen molar-refractivity contribution in [3.8, 4) is 12.1 Å². The van der Waals surface area contributed by atoms with E-state index in [-0.39, 0.29) is 12.2 Å². The normalized spacial score (nSPS) is 11.0. The molecule has 3 nitrogen and oxygen atoms in total. The van der Waals surface area contributed by atoms with Crippen molar-refractivity contribution in [2.24, 2.45) is 0 Å². The highest BCUT2D eigenvalue weighted by atomic mass is 35.5. The number of halogens is 2. The van der Waals surface area contributed by atoms with Crippen LogP contribution < -0.4 is 5.32 Å². The van der Waals surface area contributed by atoms with E-state index in [0.717, 1.165) is 5.56 Å². The van der Waals surface area contributed by atoms with Gasteiger partial charge in [0.05, 0.1) is 0 Å². The maximum Gasteiger partial charge on any atom is 0.233 e. The van der Waals surface area contributed by atoms with Crippen LogP contribution in [0.3, 0.4) is 0 Å². The summed E-state index contributed by atoms with van der Waals surface area (Å²) in [5.74, 6) is -1.13. The van der Waals surface area contributed by atoms with Gasteiger partial charge in [0.2, 0.25) is 5.83 Å². The maximum absolute atomic E-state index is 12.8. The number of allylic oxidation sites excluding steroid dienone is 2. The van der Waals surface area contributed by atoms with E-state index in [4.69, 9.17) is 22.1 Å². The molecule has 0 unspecified atom stereocenters. The van der Waals surface area contributed by atoms with Crippen LogP contribution >= 0.6 is 11.6 Å². The zero-order valence-corrected chi connectivity index (χ0v) is 8.92. The minimum atomic E-state index is -1.13. The van der Waals surface area contributed by atoms with Gasteiger partial charge in [-0.05, 0) is 11.6 Å². The van der Waals surface area contributed by atoms with E-state index >= 15 is 0 Å². The molecule has 0 aliphatic rings. The van der Waals surface area contributed by atoms with Gasteiger partial charge in [0, 0.05) is 11.6 Å². The summed E-state index contributed by atoms with van der Waals surface area (Å²) in [7, 11) is 0. The second-order valence-corrected chi connectivity index (χ2v) is 3.26. The fourth-order valence-electron chi connectivity index (χ4n) is 1.05. The smallest absolute Gasteiger partial charge is 0.233 e. The molecule has 0 aliphatic heterocycles. The van der Waals surface area contributed by atoms with Gasteiger partial charge in [-0.2, -0.15) is 14.9 Å². The third-order valence-electron chi connectivity index (χ3n) is 1.84. The summed E-state index contributed by atoms with van der Waals surface area (Å²) in [5.41, 5.74) is 0.338. The first kappa shape index (κ1) is 12.0. The van der Waals surface area contributed by atoms with Gasteiger partial charge in [-0.15, -0.1) is 0 Å². The molecule has 1 rings (SSSR count). The highest BCUT2D eigenvalue weighted by molar-refractivity contribution is 6.31. The van der Waals surface area contributed by atoms with E-state index in [9.17, 15) is 4.39 Å². The summed E-state index contributed by atoms with van der Waals surface area (Å²) >= 11 is 5.87. The lowest BCUT2D eigenvalue weighted by Crippen LogP contribution is -2.13. The molecule has 16 heavy (non-hydrogen) atoms. The van der Waals surface area contributed by atoms with E-state index in [2.05, 4.69) is 5.32 Å². The van der Waals surface area contributed by atoms with Crippen LogP contribution in [-0.2, 0) is 6.54 Å². The lowest BCUT2D eigenvalue weighted by molar-refractivity contribution is 0.643. The summed E-state index contributed by atoms with van der Waals surface area (Å²) in [6.45, 7) is 0.192. The first-order chi connectivity index (χ1) is 7.69. The Labute approximate surface area is 97.4 Å². The fraction of sp³-hybridized carbons (Fsp3) is 0.0909. The molecule has 0 spiro atoms. The Kier molecular flexibility index (Phi) is 4.32. The highest BCUT2D eigenvalue weighted by Crippen LogP contribution is 2.15. The molecule has 80 valence electrons. The van der Waals surface area contributed by atoms with Gasteiger partial charge in [-0.1, -0.05) is 29.8 Å². The fourth-order valence-corrected chi connectivity index (χ4v) is 1.25. The molecule has 0 aliphatic carbocycles. The van der Waals surface area contributed by atoms with Gasteiger partial charge in [0.25, 0.3) is 0 Å². The van der Waals surface area contributed by atoms with Crippen LogP contribution in [0.5, 0.6) is 0 Å². The Hall–Kier alpha value is -2.04. The predicted octanol–water partition coefficient (Wildman–Crippen LogP) is 2.66. The third-order valence-corrected chi connectivity index (χ3v) is 2.21. The quantitative estimate of drug-likeness (QED) is 0.820. The third kappa shape index (κ3) is 2.98. The summed E-state index contributed by atoms with van der Waals surface area (Å²) in [4.78, 5) is 0. The summed E-state index contributed by atoms with van der Waals surface area (Å²) in [6, 6.07) is 9.81. The zero-order valence-electron chi connectivity index (χ0n) is 8.17. The van der Waals surface area contributed by atoms with E-state index in [1.165, 1.54) is 6.07 Å². The van der Waals surface area contributed by atoms with Crippen molar-refractivity contribution >= 4 is 11.6 Å². The largest absolute Gasteiger partial charge is 0.369 e. The molecule has 0 radical (unpaired) electrons. The van der Waals surface area contributed by atoms with Crippen LogP contribution in [0.15, 0.2) is 35.8 Å². The molecule has 0 heterocycles. The Morgan fingerprint density at radius 2 is 2.00 bits per heavy atom. The number of nitriles is 2. The van der Waals surface area contributed by atoms with E-state index in [1.54, 1.807) is 30.3 Å². The molecule has 5 heteroatoms. The van der Waals surface area contributed by atoms with Crippen molar-refractivity contribution in [2.75, 3.05) is 0 Å². The van der Waals surface area contributed by atoms with Crippen molar-refractivity contribution in [3.05, 3.63) is 46.4 Å². The zero-order chi connectivity index (χ0) is 12.0. The van der Waals surface area contributed by atoms with Crippen molar-refractivity contribution in [2.45, 2.75) is 6.54 Å². The molecule has 0 saturated carbocycles. The highest BCUT2D eigenvalue weighted by Gasteiger charge is 2.05. The molecular formula is C11H7ClFN3. The van der Waals surface area contributed by atoms with Crippen LogP contribution in [0.25, 0.3) is 0 Å². The summed E-state index contributed by atoms with van der Waals surface area (Å²) in [6.07, 6.45) is 0. The maximum atomic E-state index is 12.8. The molecule has 1 aromatic rings. The second kappa shape index (κ2) is 5.75. The lowest BCUT2D eigenvalue weighted by atomic mass is 10.2. The Bertz CT molecular complexity index is 497. The molecule has 1 N–H and O–H groups in total. The first-order valence-corrected chi connectivity index (χ1v) is 4.74. The average Bonchev–Trinajstić information content (AvgIpc) is 2.31. The van der Waals surface area contributed by atoms with Crippen molar-refractivity contribution in [1.29, 1.82) is 10.5 Å². The summed E-state index contributed by atoms with van der Waals surface area (Å²) in [5, 5.41) is 19.9. The standard InChI is InChI=1S/C11H7ClFN3/c12-9-4-2-1-3-8(9)7-16-11(6-15)10(13)5-14/h1-4,16H,7H2. The SMILES string of the molecule is N#CC(F)=C(C#N)NCc1ccccc1Cl. The lowest BCUT2D eigenvalue weighted by Gasteiger charge is -2.05. The van der Waals surface area contributed by atoms with Gasteiger partial charge in [-0.25, -0.2) is 0 Å². The van der Waals surface area contributed by atoms with Crippen LogP contribution in [0.2, 0.25) is 5.02 Å². The van der Waals surface area contributed by atoms with Crippen LogP contribution in [0.4, 0.5) is 4.39 Å². The minimum absolute atomic E-state index is 0.192. The van der Waals surface area contributed by atoms with Gasteiger partial charge in [-0.3, -0.25) is 0 Å². The van der Waals surface area contributed by atoms with Gasteiger partial charge >= 0.3 is 0 Å². The van der Waals surface area contributed by atoms with Gasteiger partial charge in [0.15, 0.2) is 5.70 Å². The van der Waals surface area contributed by atoms with Crippen LogP contribution in [0.1, 0.15) is 5.56 Å². The van der Waals surface area contributed by atoms with E-state index < -0.39 is 5.83 Å². The molecule has 0 fully saturated rings. The molecule has 0 saturated heterocycles. The Morgan fingerprint density at radius 3 is 2.56 bits per heavy atom. The topological polar surface area (TPSA) is 59.6 Å². The predicted molar refractivity (Wildman–Crippen MR) is 57.7 cm³/mol. The Balaban J connectivity index is 2.77. The van der Waals surface area contributed by atoms with Crippen LogP contribution in [-0.4, -0.2) is 0 Å². The molecule has 0 atom stereocenters. The van der Waals surface area contributed by atoms with Gasteiger partial charge < -0.3 is 5.32 Å². The van der Waals surface area contributed by atoms with Crippen molar-refractivity contribution < 1.29 is 4.39 Å². The first-order valence-electron chi connectivity index (χ1n) is 4.36. The Morgan fingerprint density at radius 1 is 1.31 bits per heavy atom. The molecule has 0 aromatic heterocycles. The monoisotopic (exact) mass is 235 g/mol. The van der Waals surface area contributed by atoms with Crippen LogP contribution in [0, 0.1) is 22.7 Å². The van der Waals surface area contributed by atoms with Gasteiger partial charge in [0.1, 0.15) is 12.1 Å². The van der Waals surface area contributed by atoms with E-state index in [0.29, 0.717) is 5.02 Å². The van der Waals surface area contributed by atoms with Crippen molar-refractivity contribution in [1.82, 2.24) is 5.32 Å². The van der Waals surface area contributed by atoms with E-state index in [1.807, 2.05) is 0 Å². The number of benzene rings is 1.